The van der Waals surface area contributed by atoms with Crippen LogP contribution in [-0.4, -0.2) is 37.8 Å². The van der Waals surface area contributed by atoms with Gasteiger partial charge in [-0.3, -0.25) is 14.2 Å². The lowest BCUT2D eigenvalue weighted by atomic mass is 9.96. The number of carbonyl (C=O) groups is 2. The molecule has 4 rings (SSSR count). The van der Waals surface area contributed by atoms with Crippen molar-refractivity contribution in [2.75, 3.05) is 21.3 Å². The van der Waals surface area contributed by atoms with Crippen LogP contribution < -0.4 is 29.1 Å². The van der Waals surface area contributed by atoms with Crippen molar-refractivity contribution in [2.24, 2.45) is 4.99 Å². The number of hydrogen-bond donors (Lipinski definition) is 0. The molecule has 10 heteroatoms. The van der Waals surface area contributed by atoms with Crippen LogP contribution in [-0.2, 0) is 14.3 Å². The first-order valence-corrected chi connectivity index (χ1v) is 11.7. The molecule has 1 aliphatic heterocycles. The molecule has 1 aromatic heterocycles. The highest BCUT2D eigenvalue weighted by Gasteiger charge is 2.33. The van der Waals surface area contributed by atoms with Crippen LogP contribution in [0.5, 0.6) is 17.2 Å². The van der Waals surface area contributed by atoms with E-state index >= 15 is 0 Å². The number of thiazole rings is 1. The number of carbonyl (C=O) groups excluding carboxylic acids is 2. The Hall–Kier alpha value is -4.18. The number of aromatic nitrogens is 1. The van der Waals surface area contributed by atoms with Crippen LogP contribution in [0.3, 0.4) is 0 Å². The number of rotatable bonds is 6. The van der Waals surface area contributed by atoms with Crippen LogP contribution >= 0.6 is 11.3 Å². The molecule has 0 aliphatic carbocycles. The summed E-state index contributed by atoms with van der Waals surface area (Å²) in [6.45, 7) is 3.02. The molecule has 0 unspecified atom stereocenters. The third-order valence-corrected chi connectivity index (χ3v) is 6.58. The zero-order valence-corrected chi connectivity index (χ0v) is 21.2. The van der Waals surface area contributed by atoms with Crippen molar-refractivity contribution in [3.8, 4) is 17.2 Å². The number of nitrogens with zero attached hydrogens (tertiary/aromatic N) is 2. The van der Waals surface area contributed by atoms with Crippen LogP contribution in [0.2, 0.25) is 0 Å². The van der Waals surface area contributed by atoms with Gasteiger partial charge in [0, 0.05) is 6.92 Å². The van der Waals surface area contributed by atoms with Gasteiger partial charge in [0.15, 0.2) is 16.3 Å². The molecule has 0 saturated heterocycles. The predicted molar refractivity (Wildman–Crippen MR) is 133 cm³/mol. The Morgan fingerprint density at radius 2 is 1.75 bits per heavy atom. The Balaban J connectivity index is 1.89. The Kier molecular flexibility index (Phi) is 7.07. The van der Waals surface area contributed by atoms with Crippen molar-refractivity contribution >= 4 is 29.4 Å². The van der Waals surface area contributed by atoms with Crippen molar-refractivity contribution in [3.63, 3.8) is 0 Å². The minimum Gasteiger partial charge on any atom is -0.497 e. The summed E-state index contributed by atoms with van der Waals surface area (Å²) in [5.41, 5.74) is 1.83. The van der Waals surface area contributed by atoms with Crippen molar-refractivity contribution in [1.29, 1.82) is 0 Å². The van der Waals surface area contributed by atoms with Crippen molar-refractivity contribution in [1.82, 2.24) is 4.57 Å². The van der Waals surface area contributed by atoms with Gasteiger partial charge >= 0.3 is 11.9 Å². The molecule has 1 aliphatic rings. The molecular formula is C26H24N2O7S. The summed E-state index contributed by atoms with van der Waals surface area (Å²) in [5, 5.41) is 0. The lowest BCUT2D eigenvalue weighted by molar-refractivity contribution is -0.136. The third-order valence-electron chi connectivity index (χ3n) is 5.60. The molecule has 2 heterocycles. The number of ether oxygens (including phenoxy) is 4. The maximum Gasteiger partial charge on any atom is 0.338 e. The van der Waals surface area contributed by atoms with Crippen LogP contribution in [0.1, 0.15) is 31.0 Å². The van der Waals surface area contributed by atoms with Crippen molar-refractivity contribution < 1.29 is 28.5 Å². The molecular weight excluding hydrogens is 484 g/mol. The van der Waals surface area contributed by atoms with Gasteiger partial charge in [0.1, 0.15) is 5.75 Å². The third kappa shape index (κ3) is 4.67. The van der Waals surface area contributed by atoms with E-state index in [9.17, 15) is 14.4 Å². The lowest BCUT2D eigenvalue weighted by Gasteiger charge is -2.24. The zero-order valence-electron chi connectivity index (χ0n) is 20.4. The average Bonchev–Trinajstić information content (AvgIpc) is 3.17. The van der Waals surface area contributed by atoms with Gasteiger partial charge in [-0.25, -0.2) is 9.79 Å². The van der Waals surface area contributed by atoms with E-state index in [4.69, 9.17) is 18.9 Å². The normalized spacial score (nSPS) is 15.1. The van der Waals surface area contributed by atoms with E-state index in [0.29, 0.717) is 37.7 Å². The Morgan fingerprint density at radius 3 is 2.36 bits per heavy atom. The highest BCUT2D eigenvalue weighted by molar-refractivity contribution is 7.07. The topological polar surface area (TPSA) is 105 Å². The SMILES string of the molecule is COC(=O)C1=C(C)N=c2sc(=Cc3ccc(OC(C)=O)c(OC)c3)c(=O)n2[C@@H]1c1ccc(OC)cc1. The smallest absolute Gasteiger partial charge is 0.338 e. The number of esters is 2. The van der Waals surface area contributed by atoms with Gasteiger partial charge in [0.25, 0.3) is 5.56 Å². The van der Waals surface area contributed by atoms with Crippen molar-refractivity contribution in [3.05, 3.63) is 84.5 Å². The van der Waals surface area contributed by atoms with Gasteiger partial charge in [-0.15, -0.1) is 0 Å². The van der Waals surface area contributed by atoms with E-state index in [0.717, 1.165) is 0 Å². The Morgan fingerprint density at radius 1 is 1.03 bits per heavy atom. The van der Waals surface area contributed by atoms with Crippen LogP contribution in [0.15, 0.2) is 63.5 Å². The summed E-state index contributed by atoms with van der Waals surface area (Å²) < 4.78 is 22.7. The van der Waals surface area contributed by atoms with Crippen LogP contribution in [0, 0.1) is 0 Å². The molecule has 0 N–H and O–H groups in total. The second kappa shape index (κ2) is 10.2. The summed E-state index contributed by atoms with van der Waals surface area (Å²) in [4.78, 5) is 42.7. The molecule has 186 valence electrons. The highest BCUT2D eigenvalue weighted by atomic mass is 32.1. The van der Waals surface area contributed by atoms with Crippen LogP contribution in [0.4, 0.5) is 0 Å². The van der Waals surface area contributed by atoms with E-state index in [2.05, 4.69) is 4.99 Å². The first-order chi connectivity index (χ1) is 17.3. The average molecular weight is 509 g/mol. The van der Waals surface area contributed by atoms with E-state index in [-0.39, 0.29) is 16.9 Å². The second-order valence-electron chi connectivity index (χ2n) is 7.85. The fourth-order valence-corrected chi connectivity index (χ4v) is 5.01. The first kappa shape index (κ1) is 24.9. The molecule has 0 fully saturated rings. The molecule has 1 atom stereocenters. The number of methoxy groups -OCH3 is 3. The molecule has 36 heavy (non-hydrogen) atoms. The molecule has 0 saturated carbocycles. The number of fused-ring (bicyclic) bond motifs is 1. The van der Waals surface area contributed by atoms with Gasteiger partial charge < -0.3 is 18.9 Å². The fraction of sp³-hybridized carbons (Fsp3) is 0.231. The van der Waals surface area contributed by atoms with Gasteiger partial charge in [-0.05, 0) is 48.4 Å². The maximum atomic E-state index is 13.6. The van der Waals surface area contributed by atoms with E-state index in [1.165, 1.54) is 37.0 Å². The maximum absolute atomic E-state index is 13.6. The molecule has 0 spiro atoms. The summed E-state index contributed by atoms with van der Waals surface area (Å²) in [7, 11) is 4.33. The standard InChI is InChI=1S/C26H24N2O7S/c1-14-22(25(31)34-5)23(17-7-9-18(32-3)10-8-17)28-24(30)21(36-26(28)27-14)13-16-6-11-19(35-15(2)29)20(12-16)33-4/h6-13,23H,1-5H3/t23-/m1/s1. The summed E-state index contributed by atoms with van der Waals surface area (Å²) in [6.07, 6.45) is 1.70. The molecule has 0 radical (unpaired) electrons. The molecule has 2 aromatic carbocycles. The summed E-state index contributed by atoms with van der Waals surface area (Å²) in [5.74, 6) is 0.257. The van der Waals surface area contributed by atoms with E-state index < -0.39 is 18.0 Å². The monoisotopic (exact) mass is 508 g/mol. The quantitative estimate of drug-likeness (QED) is 0.372. The Labute approximate surface area is 210 Å². The molecule has 3 aromatic rings. The second-order valence-corrected chi connectivity index (χ2v) is 8.86. The van der Waals surface area contributed by atoms with Crippen LogP contribution in [0.25, 0.3) is 6.08 Å². The van der Waals surface area contributed by atoms with Gasteiger partial charge in [-0.1, -0.05) is 29.5 Å². The van der Waals surface area contributed by atoms with Crippen molar-refractivity contribution in [2.45, 2.75) is 19.9 Å². The summed E-state index contributed by atoms with van der Waals surface area (Å²) in [6, 6.07) is 11.4. The van der Waals surface area contributed by atoms with Gasteiger partial charge in [0.05, 0.1) is 43.2 Å². The zero-order chi connectivity index (χ0) is 26.0. The molecule has 9 nitrogen and oxygen atoms in total. The molecule has 0 amide bonds. The largest absolute Gasteiger partial charge is 0.497 e. The number of hydrogen-bond acceptors (Lipinski definition) is 9. The lowest BCUT2D eigenvalue weighted by Crippen LogP contribution is -2.39. The first-order valence-electron chi connectivity index (χ1n) is 10.9. The minimum absolute atomic E-state index is 0.279. The predicted octanol–water partition coefficient (Wildman–Crippen LogP) is 2.35. The minimum atomic E-state index is -0.720. The summed E-state index contributed by atoms with van der Waals surface area (Å²) >= 11 is 1.21. The van der Waals surface area contributed by atoms with E-state index in [1.54, 1.807) is 62.6 Å². The number of benzene rings is 2. The number of allylic oxidation sites excluding steroid dienone is 1. The van der Waals surface area contributed by atoms with Gasteiger partial charge in [-0.2, -0.15) is 0 Å². The molecule has 0 bridgehead atoms. The van der Waals surface area contributed by atoms with E-state index in [1.807, 2.05) is 0 Å². The van der Waals surface area contributed by atoms with Gasteiger partial charge in [0.2, 0.25) is 0 Å². The highest BCUT2D eigenvalue weighted by Crippen LogP contribution is 2.32. The Bertz CT molecular complexity index is 1550. The fourth-order valence-electron chi connectivity index (χ4n) is 3.96.